The van der Waals surface area contributed by atoms with E-state index in [0.717, 1.165) is 6.42 Å². The minimum Gasteiger partial charge on any atom is -0.508 e. The highest BCUT2D eigenvalue weighted by atomic mass is 16.3. The number of rotatable bonds is 4. The summed E-state index contributed by atoms with van der Waals surface area (Å²) < 4.78 is 0. The fourth-order valence-electron chi connectivity index (χ4n) is 3.36. The summed E-state index contributed by atoms with van der Waals surface area (Å²) in [5, 5.41) is 9.96. The predicted molar refractivity (Wildman–Crippen MR) is 81.3 cm³/mol. The van der Waals surface area contributed by atoms with E-state index < -0.39 is 0 Å². The smallest absolute Gasteiger partial charge is 0.112 e. The van der Waals surface area contributed by atoms with Crippen LogP contribution in [0.15, 0.2) is 53.8 Å². The third kappa shape index (κ3) is 2.91. The predicted octanol–water partition coefficient (Wildman–Crippen LogP) is 5.37. The van der Waals surface area contributed by atoms with Crippen LogP contribution < -0.4 is 0 Å². The van der Waals surface area contributed by atoms with Crippen molar-refractivity contribution < 1.29 is 5.11 Å². The largest absolute Gasteiger partial charge is 0.508 e. The summed E-state index contributed by atoms with van der Waals surface area (Å²) in [5.74, 6) is 0.791. The van der Waals surface area contributed by atoms with Crippen molar-refractivity contribution in [2.45, 2.75) is 46.0 Å². The Balaban J connectivity index is 2.40. The lowest BCUT2D eigenvalue weighted by Crippen LogP contribution is -2.27. The Bertz CT molecular complexity index is 484. The van der Waals surface area contributed by atoms with Gasteiger partial charge in [-0.3, -0.25) is 0 Å². The molecule has 0 spiro atoms. The highest BCUT2D eigenvalue weighted by Gasteiger charge is 2.36. The van der Waals surface area contributed by atoms with Crippen molar-refractivity contribution in [2.24, 2.45) is 5.41 Å². The Hall–Kier alpha value is -1.50. The first-order valence-corrected chi connectivity index (χ1v) is 7.22. The molecule has 2 unspecified atom stereocenters. The standard InChI is InChI=1S/C18H24O/c1-4-5-11-18(3)13-16(19)12-14(2)17(18)15-9-7-6-8-10-15/h6-10,12-13,17,19H,4-5,11H2,1-3H3. The van der Waals surface area contributed by atoms with E-state index in [0.29, 0.717) is 11.7 Å². The lowest BCUT2D eigenvalue weighted by atomic mass is 9.65. The minimum absolute atomic E-state index is 0.0142. The molecule has 1 N–H and O–H groups in total. The van der Waals surface area contributed by atoms with Crippen LogP contribution in [0.3, 0.4) is 0 Å². The number of hydrogen-bond acceptors (Lipinski definition) is 1. The molecule has 1 aliphatic carbocycles. The first kappa shape index (κ1) is 13.9. The van der Waals surface area contributed by atoms with Crippen molar-refractivity contribution in [3.63, 3.8) is 0 Å². The van der Waals surface area contributed by atoms with E-state index in [1.54, 1.807) is 0 Å². The molecule has 102 valence electrons. The van der Waals surface area contributed by atoms with Gasteiger partial charge in [0.15, 0.2) is 0 Å². The van der Waals surface area contributed by atoms with Gasteiger partial charge in [-0.05, 0) is 36.5 Å². The second-order valence-electron chi connectivity index (χ2n) is 5.91. The average molecular weight is 256 g/mol. The zero-order valence-electron chi connectivity index (χ0n) is 12.2. The normalized spacial score (nSPS) is 26.8. The number of allylic oxidation sites excluding steroid dienone is 3. The molecular formula is C18H24O. The van der Waals surface area contributed by atoms with E-state index >= 15 is 0 Å². The first-order valence-electron chi connectivity index (χ1n) is 7.22. The molecule has 1 nitrogen and oxygen atoms in total. The summed E-state index contributed by atoms with van der Waals surface area (Å²) in [6.45, 7) is 6.62. The van der Waals surface area contributed by atoms with E-state index in [-0.39, 0.29) is 5.41 Å². The average Bonchev–Trinajstić information content (AvgIpc) is 2.36. The van der Waals surface area contributed by atoms with Gasteiger partial charge >= 0.3 is 0 Å². The molecule has 1 aromatic rings. The molecule has 2 rings (SSSR count). The summed E-state index contributed by atoms with van der Waals surface area (Å²) >= 11 is 0. The molecule has 0 bridgehead atoms. The van der Waals surface area contributed by atoms with Crippen molar-refractivity contribution in [1.82, 2.24) is 0 Å². The number of hydrogen-bond donors (Lipinski definition) is 1. The van der Waals surface area contributed by atoms with Gasteiger partial charge in [-0.25, -0.2) is 0 Å². The Labute approximate surface area is 116 Å². The lowest BCUT2D eigenvalue weighted by molar-refractivity contribution is 0.299. The van der Waals surface area contributed by atoms with Crippen LogP contribution in [0.5, 0.6) is 0 Å². The molecular weight excluding hydrogens is 232 g/mol. The van der Waals surface area contributed by atoms with Crippen molar-refractivity contribution in [1.29, 1.82) is 0 Å². The maximum absolute atomic E-state index is 9.96. The van der Waals surface area contributed by atoms with Crippen molar-refractivity contribution in [3.05, 3.63) is 59.4 Å². The summed E-state index contributed by atoms with van der Waals surface area (Å²) in [7, 11) is 0. The van der Waals surface area contributed by atoms with Gasteiger partial charge in [0.05, 0.1) is 0 Å². The van der Waals surface area contributed by atoms with Gasteiger partial charge in [-0.2, -0.15) is 0 Å². The molecule has 1 aliphatic rings. The summed E-state index contributed by atoms with van der Waals surface area (Å²) in [5.41, 5.74) is 2.61. The Morgan fingerprint density at radius 3 is 2.53 bits per heavy atom. The van der Waals surface area contributed by atoms with E-state index in [4.69, 9.17) is 0 Å². The Morgan fingerprint density at radius 1 is 1.21 bits per heavy atom. The van der Waals surface area contributed by atoms with Gasteiger partial charge in [0.25, 0.3) is 0 Å². The van der Waals surface area contributed by atoms with Gasteiger partial charge in [0.1, 0.15) is 5.76 Å². The fraction of sp³-hybridized carbons (Fsp3) is 0.444. The van der Waals surface area contributed by atoms with Crippen molar-refractivity contribution in [3.8, 4) is 0 Å². The summed E-state index contributed by atoms with van der Waals surface area (Å²) in [6, 6.07) is 10.6. The number of unbranched alkanes of at least 4 members (excludes halogenated alkanes) is 1. The number of benzene rings is 1. The SMILES string of the molecule is CCCCC1(C)C=C(O)C=C(C)C1c1ccccc1. The van der Waals surface area contributed by atoms with E-state index in [2.05, 4.69) is 51.1 Å². The minimum atomic E-state index is 0.0142. The third-order valence-corrected chi connectivity index (χ3v) is 4.17. The van der Waals surface area contributed by atoms with Crippen LogP contribution in [0.1, 0.15) is 51.5 Å². The van der Waals surface area contributed by atoms with Crippen LogP contribution in [0.2, 0.25) is 0 Å². The first-order chi connectivity index (χ1) is 9.07. The molecule has 1 heteroatoms. The van der Waals surface area contributed by atoms with Crippen LogP contribution in [0, 0.1) is 5.41 Å². The molecule has 0 aromatic heterocycles. The third-order valence-electron chi connectivity index (χ3n) is 4.17. The van der Waals surface area contributed by atoms with Gasteiger partial charge in [-0.15, -0.1) is 0 Å². The van der Waals surface area contributed by atoms with E-state index in [9.17, 15) is 5.11 Å². The number of aliphatic hydroxyl groups excluding tert-OH is 1. The van der Waals surface area contributed by atoms with Crippen LogP contribution in [-0.2, 0) is 0 Å². The zero-order chi connectivity index (χ0) is 13.9. The molecule has 0 saturated carbocycles. The van der Waals surface area contributed by atoms with Gasteiger partial charge < -0.3 is 5.11 Å². The molecule has 0 amide bonds. The van der Waals surface area contributed by atoms with Crippen LogP contribution in [-0.4, -0.2) is 5.11 Å². The quantitative estimate of drug-likeness (QED) is 0.768. The van der Waals surface area contributed by atoms with Gasteiger partial charge in [0.2, 0.25) is 0 Å². The van der Waals surface area contributed by atoms with Gasteiger partial charge in [0, 0.05) is 5.92 Å². The van der Waals surface area contributed by atoms with Crippen LogP contribution >= 0.6 is 0 Å². The maximum atomic E-state index is 9.96. The molecule has 0 heterocycles. The Kier molecular flexibility index (Phi) is 4.14. The fourth-order valence-corrected chi connectivity index (χ4v) is 3.36. The van der Waals surface area contributed by atoms with Crippen molar-refractivity contribution >= 4 is 0 Å². The molecule has 0 saturated heterocycles. The van der Waals surface area contributed by atoms with E-state index in [1.807, 2.05) is 12.2 Å². The van der Waals surface area contributed by atoms with Gasteiger partial charge in [-0.1, -0.05) is 62.6 Å². The maximum Gasteiger partial charge on any atom is 0.112 e. The zero-order valence-corrected chi connectivity index (χ0v) is 12.2. The summed E-state index contributed by atoms with van der Waals surface area (Å²) in [6.07, 6.45) is 7.45. The molecule has 1 aromatic carbocycles. The van der Waals surface area contributed by atoms with Crippen LogP contribution in [0.4, 0.5) is 0 Å². The Morgan fingerprint density at radius 2 is 1.89 bits per heavy atom. The highest BCUT2D eigenvalue weighted by Crippen LogP contribution is 2.48. The molecule has 0 radical (unpaired) electrons. The highest BCUT2D eigenvalue weighted by molar-refractivity contribution is 5.39. The second kappa shape index (κ2) is 5.64. The topological polar surface area (TPSA) is 20.2 Å². The van der Waals surface area contributed by atoms with E-state index in [1.165, 1.54) is 24.0 Å². The van der Waals surface area contributed by atoms with Crippen LogP contribution in [0.25, 0.3) is 0 Å². The lowest BCUT2D eigenvalue weighted by Gasteiger charge is -2.39. The second-order valence-corrected chi connectivity index (χ2v) is 5.91. The summed E-state index contributed by atoms with van der Waals surface area (Å²) in [4.78, 5) is 0. The monoisotopic (exact) mass is 256 g/mol. The molecule has 0 fully saturated rings. The number of aliphatic hydroxyl groups is 1. The van der Waals surface area contributed by atoms with Crippen molar-refractivity contribution in [2.75, 3.05) is 0 Å². The molecule has 19 heavy (non-hydrogen) atoms. The molecule has 2 atom stereocenters. The molecule has 0 aliphatic heterocycles.